The maximum Gasteiger partial charge on any atom is 0.0637 e. The molecule has 0 amide bonds. The molecule has 0 aliphatic rings. The van der Waals surface area contributed by atoms with E-state index < -0.39 is 0 Å². The van der Waals surface area contributed by atoms with Crippen molar-refractivity contribution < 1.29 is 5.21 Å². The Kier molecular flexibility index (Phi) is 5.35. The summed E-state index contributed by atoms with van der Waals surface area (Å²) in [6.07, 6.45) is 0. The topological polar surface area (TPSA) is 23.5 Å². The Hall–Kier alpha value is -1.16. The van der Waals surface area contributed by atoms with Gasteiger partial charge in [-0.25, -0.2) is 0 Å². The standard InChI is InChI=1S/C17H20BrNO/c1-13(2)17(15-10-6-7-11-16(15)18)19(20)12-14-8-4-3-5-9-14/h3-11,13,17,20H,12H2,1-2H3. The highest BCUT2D eigenvalue weighted by Gasteiger charge is 2.24. The molecule has 1 N–H and O–H groups in total. The summed E-state index contributed by atoms with van der Waals surface area (Å²) >= 11 is 3.58. The van der Waals surface area contributed by atoms with Crippen molar-refractivity contribution >= 4 is 15.9 Å². The number of nitrogens with zero attached hydrogens (tertiary/aromatic N) is 1. The molecule has 0 fully saturated rings. The Balaban J connectivity index is 2.23. The summed E-state index contributed by atoms with van der Waals surface area (Å²) in [4.78, 5) is 0. The number of halogens is 1. The Bertz CT molecular complexity index is 542. The zero-order valence-corrected chi connectivity index (χ0v) is 13.4. The first kappa shape index (κ1) is 15.2. The first-order chi connectivity index (χ1) is 9.59. The lowest BCUT2D eigenvalue weighted by Gasteiger charge is -2.30. The quantitative estimate of drug-likeness (QED) is 0.775. The second-order valence-corrected chi connectivity index (χ2v) is 6.15. The van der Waals surface area contributed by atoms with E-state index in [0.717, 1.165) is 15.6 Å². The van der Waals surface area contributed by atoms with Crippen molar-refractivity contribution in [3.63, 3.8) is 0 Å². The molecule has 0 aliphatic heterocycles. The molecule has 0 aromatic heterocycles. The summed E-state index contributed by atoms with van der Waals surface area (Å²) in [5.41, 5.74) is 2.22. The molecule has 3 heteroatoms. The van der Waals surface area contributed by atoms with E-state index in [2.05, 4.69) is 35.8 Å². The molecule has 0 saturated carbocycles. The highest BCUT2D eigenvalue weighted by Crippen LogP contribution is 2.33. The van der Waals surface area contributed by atoms with Gasteiger partial charge in [0.25, 0.3) is 0 Å². The molecule has 1 atom stereocenters. The van der Waals surface area contributed by atoms with Crippen LogP contribution in [0.1, 0.15) is 31.0 Å². The van der Waals surface area contributed by atoms with E-state index in [4.69, 9.17) is 0 Å². The molecule has 2 aromatic carbocycles. The van der Waals surface area contributed by atoms with Crippen molar-refractivity contribution in [2.75, 3.05) is 0 Å². The molecular formula is C17H20BrNO. The van der Waals surface area contributed by atoms with Crippen LogP contribution in [0, 0.1) is 5.92 Å². The van der Waals surface area contributed by atoms with Crippen LogP contribution < -0.4 is 0 Å². The minimum Gasteiger partial charge on any atom is -0.313 e. The fraction of sp³-hybridized carbons (Fsp3) is 0.294. The minimum absolute atomic E-state index is 0.0363. The highest BCUT2D eigenvalue weighted by atomic mass is 79.9. The van der Waals surface area contributed by atoms with Gasteiger partial charge in [0.1, 0.15) is 0 Å². The lowest BCUT2D eigenvalue weighted by molar-refractivity contribution is -0.149. The average Bonchev–Trinajstić information content (AvgIpc) is 2.42. The van der Waals surface area contributed by atoms with Crippen molar-refractivity contribution in [1.29, 1.82) is 0 Å². The van der Waals surface area contributed by atoms with Gasteiger partial charge < -0.3 is 5.21 Å². The van der Waals surface area contributed by atoms with E-state index in [1.54, 1.807) is 0 Å². The molecule has 0 aliphatic carbocycles. The van der Waals surface area contributed by atoms with Crippen molar-refractivity contribution in [1.82, 2.24) is 5.06 Å². The predicted molar refractivity (Wildman–Crippen MR) is 85.5 cm³/mol. The maximum atomic E-state index is 10.5. The van der Waals surface area contributed by atoms with E-state index >= 15 is 0 Å². The number of hydroxylamine groups is 2. The van der Waals surface area contributed by atoms with Gasteiger partial charge in [0, 0.05) is 11.0 Å². The van der Waals surface area contributed by atoms with Crippen molar-refractivity contribution in [2.24, 2.45) is 5.92 Å². The fourth-order valence-electron chi connectivity index (χ4n) is 2.45. The fourth-order valence-corrected chi connectivity index (χ4v) is 2.97. The van der Waals surface area contributed by atoms with Gasteiger partial charge in [-0.05, 0) is 23.1 Å². The van der Waals surface area contributed by atoms with Crippen LogP contribution in [0.25, 0.3) is 0 Å². The molecule has 2 rings (SSSR count). The second kappa shape index (κ2) is 7.02. The van der Waals surface area contributed by atoms with Crippen LogP contribution in [0.5, 0.6) is 0 Å². The molecule has 2 nitrogen and oxygen atoms in total. The van der Waals surface area contributed by atoms with Crippen molar-refractivity contribution in [3.05, 3.63) is 70.2 Å². The van der Waals surface area contributed by atoms with Gasteiger partial charge in [-0.3, -0.25) is 0 Å². The zero-order chi connectivity index (χ0) is 14.5. The lowest BCUT2D eigenvalue weighted by Crippen LogP contribution is -2.29. The largest absolute Gasteiger partial charge is 0.313 e. The molecule has 0 bridgehead atoms. The lowest BCUT2D eigenvalue weighted by atomic mass is 9.95. The number of benzene rings is 2. The number of rotatable bonds is 5. The molecule has 0 radical (unpaired) electrons. The third-order valence-corrected chi connectivity index (χ3v) is 4.09. The molecular weight excluding hydrogens is 314 g/mol. The molecule has 1 unspecified atom stereocenters. The summed E-state index contributed by atoms with van der Waals surface area (Å²) in [7, 11) is 0. The van der Waals surface area contributed by atoms with Crippen LogP contribution >= 0.6 is 15.9 Å². The second-order valence-electron chi connectivity index (χ2n) is 5.29. The van der Waals surface area contributed by atoms with Crippen LogP contribution in [0.2, 0.25) is 0 Å². The van der Waals surface area contributed by atoms with Gasteiger partial charge >= 0.3 is 0 Å². The summed E-state index contributed by atoms with van der Waals surface area (Å²) < 4.78 is 1.03. The van der Waals surface area contributed by atoms with Crippen LogP contribution in [0.3, 0.4) is 0 Å². The Labute approximate surface area is 129 Å². The maximum absolute atomic E-state index is 10.5. The first-order valence-electron chi connectivity index (χ1n) is 6.83. The molecule has 20 heavy (non-hydrogen) atoms. The summed E-state index contributed by atoms with van der Waals surface area (Å²) in [5, 5.41) is 12.0. The van der Waals surface area contributed by atoms with E-state index in [9.17, 15) is 5.21 Å². The van der Waals surface area contributed by atoms with Gasteiger partial charge in [0.05, 0.1) is 6.04 Å². The third kappa shape index (κ3) is 3.69. The van der Waals surface area contributed by atoms with E-state index in [1.165, 1.54) is 5.06 Å². The number of hydrogen-bond donors (Lipinski definition) is 1. The monoisotopic (exact) mass is 333 g/mol. The summed E-state index contributed by atoms with van der Waals surface area (Å²) in [6.45, 7) is 4.77. The van der Waals surface area contributed by atoms with Gasteiger partial charge in [-0.15, -0.1) is 0 Å². The van der Waals surface area contributed by atoms with Gasteiger partial charge in [-0.1, -0.05) is 78.3 Å². The Morgan fingerprint density at radius 3 is 2.20 bits per heavy atom. The van der Waals surface area contributed by atoms with E-state index in [1.807, 2.05) is 48.5 Å². The smallest absolute Gasteiger partial charge is 0.0637 e. The molecule has 106 valence electrons. The van der Waals surface area contributed by atoms with E-state index in [-0.39, 0.29) is 6.04 Å². The van der Waals surface area contributed by atoms with E-state index in [0.29, 0.717) is 12.5 Å². The normalized spacial score (nSPS) is 12.9. The highest BCUT2D eigenvalue weighted by molar-refractivity contribution is 9.10. The summed E-state index contributed by atoms with van der Waals surface area (Å²) in [6, 6.07) is 18.1. The van der Waals surface area contributed by atoms with Crippen LogP contribution in [0.15, 0.2) is 59.1 Å². The van der Waals surface area contributed by atoms with Gasteiger partial charge in [0.15, 0.2) is 0 Å². The molecule has 0 saturated heterocycles. The molecule has 0 heterocycles. The van der Waals surface area contributed by atoms with Crippen LogP contribution in [-0.2, 0) is 6.54 Å². The van der Waals surface area contributed by atoms with Crippen molar-refractivity contribution in [3.8, 4) is 0 Å². The third-order valence-electron chi connectivity index (χ3n) is 3.36. The first-order valence-corrected chi connectivity index (χ1v) is 7.62. The molecule has 0 spiro atoms. The zero-order valence-electron chi connectivity index (χ0n) is 11.8. The van der Waals surface area contributed by atoms with Crippen LogP contribution in [-0.4, -0.2) is 10.3 Å². The van der Waals surface area contributed by atoms with Gasteiger partial charge in [0.2, 0.25) is 0 Å². The SMILES string of the molecule is CC(C)C(c1ccccc1Br)N(O)Cc1ccccc1. The Morgan fingerprint density at radius 1 is 1.00 bits per heavy atom. The number of hydrogen-bond acceptors (Lipinski definition) is 2. The predicted octanol–water partition coefficient (Wildman–Crippen LogP) is 5.04. The Morgan fingerprint density at radius 2 is 1.60 bits per heavy atom. The van der Waals surface area contributed by atoms with Gasteiger partial charge in [-0.2, -0.15) is 5.06 Å². The van der Waals surface area contributed by atoms with Crippen molar-refractivity contribution in [2.45, 2.75) is 26.4 Å². The average molecular weight is 334 g/mol. The minimum atomic E-state index is -0.0363. The van der Waals surface area contributed by atoms with Crippen LogP contribution in [0.4, 0.5) is 0 Å². The summed E-state index contributed by atoms with van der Waals surface area (Å²) in [5.74, 6) is 0.308. The molecule has 2 aromatic rings.